The van der Waals surface area contributed by atoms with Gasteiger partial charge in [0, 0.05) is 13.0 Å². The molecule has 0 aromatic heterocycles. The second kappa shape index (κ2) is 3.98. The second-order valence-corrected chi connectivity index (χ2v) is 3.56. The number of hydrogen-bond acceptors (Lipinski definition) is 3. The Morgan fingerprint density at radius 3 is 3.13 bits per heavy atom. The number of esters is 1. The Balaban J connectivity index is 2.32. The Labute approximate surface area is 87.2 Å². The first kappa shape index (κ1) is 10.1. The summed E-state index contributed by atoms with van der Waals surface area (Å²) in [6, 6.07) is 4.66. The molecule has 0 spiro atoms. The minimum Gasteiger partial charge on any atom is -0.457 e. The minimum absolute atomic E-state index is 0.0878. The van der Waals surface area contributed by atoms with E-state index in [2.05, 4.69) is 5.32 Å². The summed E-state index contributed by atoms with van der Waals surface area (Å²) in [6.45, 7) is 0.585. The van der Waals surface area contributed by atoms with Crippen molar-refractivity contribution in [3.05, 3.63) is 35.1 Å². The molecule has 0 bridgehead atoms. The van der Waals surface area contributed by atoms with Gasteiger partial charge in [0.15, 0.2) is 0 Å². The first-order chi connectivity index (χ1) is 7.22. The van der Waals surface area contributed by atoms with E-state index >= 15 is 0 Å². The molecule has 1 N–H and O–H groups in total. The number of benzene rings is 1. The number of hydrogen-bond donors (Lipinski definition) is 1. The van der Waals surface area contributed by atoms with Gasteiger partial charge in [0.2, 0.25) is 0 Å². The lowest BCUT2D eigenvalue weighted by atomic mass is 9.98. The molecule has 4 heteroatoms. The molecular formula is C11H12FNO2. The highest BCUT2D eigenvalue weighted by molar-refractivity contribution is 5.92. The van der Waals surface area contributed by atoms with Crippen molar-refractivity contribution in [3.63, 3.8) is 0 Å². The normalized spacial score (nSPS) is 19.6. The number of carbonyl (C=O) groups is 1. The van der Waals surface area contributed by atoms with Crippen LogP contribution in [0.4, 0.5) is 4.39 Å². The summed E-state index contributed by atoms with van der Waals surface area (Å²) in [4.78, 5) is 11.5. The van der Waals surface area contributed by atoms with E-state index in [0.717, 1.165) is 5.56 Å². The van der Waals surface area contributed by atoms with Gasteiger partial charge in [0.1, 0.15) is 11.9 Å². The van der Waals surface area contributed by atoms with Crippen molar-refractivity contribution in [3.8, 4) is 0 Å². The molecule has 1 atom stereocenters. The Bertz CT molecular complexity index is 392. The van der Waals surface area contributed by atoms with Gasteiger partial charge in [0.25, 0.3) is 0 Å². The van der Waals surface area contributed by atoms with Crippen LogP contribution in [0, 0.1) is 5.82 Å². The maximum Gasteiger partial charge on any atom is 0.341 e. The average Bonchev–Trinajstić information content (AvgIpc) is 2.17. The molecule has 15 heavy (non-hydrogen) atoms. The van der Waals surface area contributed by atoms with Crippen LogP contribution in [0.1, 0.15) is 15.9 Å². The number of fused-ring (bicyclic) bond motifs is 1. The molecule has 80 valence electrons. The van der Waals surface area contributed by atoms with Crippen molar-refractivity contribution in [1.29, 1.82) is 0 Å². The second-order valence-electron chi connectivity index (χ2n) is 3.56. The number of halogens is 1. The zero-order valence-electron chi connectivity index (χ0n) is 8.42. The molecule has 1 unspecified atom stereocenters. The number of cyclic esters (lactones) is 1. The largest absolute Gasteiger partial charge is 0.457 e. The number of carbonyl (C=O) groups excluding carboxylic acids is 1. The fourth-order valence-electron chi connectivity index (χ4n) is 1.81. The monoisotopic (exact) mass is 209 g/mol. The van der Waals surface area contributed by atoms with Gasteiger partial charge in [-0.15, -0.1) is 0 Å². The standard InChI is InChI=1S/C11H12FNO2/c1-13-6-8-5-7-3-2-4-9(12)10(7)11(14)15-8/h2-4,8,13H,5-6H2,1H3. The van der Waals surface area contributed by atoms with Crippen LogP contribution in [-0.2, 0) is 11.2 Å². The van der Waals surface area contributed by atoms with E-state index in [1.165, 1.54) is 6.07 Å². The van der Waals surface area contributed by atoms with E-state index in [-0.39, 0.29) is 11.7 Å². The van der Waals surface area contributed by atoms with E-state index in [9.17, 15) is 9.18 Å². The molecule has 1 aliphatic heterocycles. The third-order valence-electron chi connectivity index (χ3n) is 2.46. The highest BCUT2D eigenvalue weighted by Gasteiger charge is 2.28. The summed E-state index contributed by atoms with van der Waals surface area (Å²) in [5.41, 5.74) is 0.816. The summed E-state index contributed by atoms with van der Waals surface area (Å²) in [7, 11) is 1.79. The van der Waals surface area contributed by atoms with E-state index in [0.29, 0.717) is 13.0 Å². The Morgan fingerprint density at radius 1 is 1.60 bits per heavy atom. The molecule has 3 nitrogen and oxygen atoms in total. The van der Waals surface area contributed by atoms with Gasteiger partial charge < -0.3 is 10.1 Å². The van der Waals surface area contributed by atoms with Crippen LogP contribution in [0.5, 0.6) is 0 Å². The van der Waals surface area contributed by atoms with Gasteiger partial charge in [-0.2, -0.15) is 0 Å². The molecule has 0 aliphatic carbocycles. The summed E-state index contributed by atoms with van der Waals surface area (Å²) in [5.74, 6) is -1.06. The molecule has 0 radical (unpaired) electrons. The minimum atomic E-state index is -0.561. The molecule has 1 aliphatic rings. The van der Waals surface area contributed by atoms with Gasteiger partial charge in [-0.05, 0) is 18.7 Å². The lowest BCUT2D eigenvalue weighted by molar-refractivity contribution is 0.0257. The number of likely N-dealkylation sites (N-methyl/N-ethyl adjacent to an activating group) is 1. The van der Waals surface area contributed by atoms with Crippen molar-refractivity contribution >= 4 is 5.97 Å². The van der Waals surface area contributed by atoms with E-state index in [4.69, 9.17) is 4.74 Å². The number of nitrogens with one attached hydrogen (secondary N) is 1. The summed E-state index contributed by atoms with van der Waals surface area (Å²) >= 11 is 0. The lowest BCUT2D eigenvalue weighted by Gasteiger charge is -2.24. The topological polar surface area (TPSA) is 38.3 Å². The van der Waals surface area contributed by atoms with Crippen LogP contribution in [0.2, 0.25) is 0 Å². The summed E-state index contributed by atoms with van der Waals surface area (Å²) < 4.78 is 18.4. The fourth-order valence-corrected chi connectivity index (χ4v) is 1.81. The molecule has 1 heterocycles. The molecular weight excluding hydrogens is 197 g/mol. The van der Waals surface area contributed by atoms with Crippen LogP contribution < -0.4 is 5.32 Å². The fraction of sp³-hybridized carbons (Fsp3) is 0.364. The molecule has 2 rings (SSSR count). The van der Waals surface area contributed by atoms with Gasteiger partial charge >= 0.3 is 5.97 Å². The highest BCUT2D eigenvalue weighted by atomic mass is 19.1. The van der Waals surface area contributed by atoms with Gasteiger partial charge in [-0.25, -0.2) is 9.18 Å². The SMILES string of the molecule is CNCC1Cc2cccc(F)c2C(=O)O1. The Hall–Kier alpha value is -1.42. The zero-order valence-corrected chi connectivity index (χ0v) is 8.42. The third kappa shape index (κ3) is 1.85. The van der Waals surface area contributed by atoms with E-state index in [1.807, 2.05) is 0 Å². The van der Waals surface area contributed by atoms with Crippen LogP contribution in [0.3, 0.4) is 0 Å². The van der Waals surface area contributed by atoms with Crippen molar-refractivity contribution in [2.45, 2.75) is 12.5 Å². The molecule has 0 fully saturated rings. The van der Waals surface area contributed by atoms with Crippen molar-refractivity contribution < 1.29 is 13.9 Å². The Kier molecular flexibility index (Phi) is 2.68. The van der Waals surface area contributed by atoms with E-state index < -0.39 is 11.8 Å². The first-order valence-electron chi connectivity index (χ1n) is 4.85. The average molecular weight is 209 g/mol. The lowest BCUT2D eigenvalue weighted by Crippen LogP contribution is -2.35. The first-order valence-corrected chi connectivity index (χ1v) is 4.85. The predicted octanol–water partition coefficient (Wildman–Crippen LogP) is 1.13. The van der Waals surface area contributed by atoms with Crippen molar-refractivity contribution in [2.24, 2.45) is 0 Å². The number of rotatable bonds is 2. The van der Waals surface area contributed by atoms with E-state index in [1.54, 1.807) is 19.2 Å². The molecule has 0 amide bonds. The zero-order chi connectivity index (χ0) is 10.8. The number of ether oxygens (including phenoxy) is 1. The smallest absolute Gasteiger partial charge is 0.341 e. The van der Waals surface area contributed by atoms with Gasteiger partial charge in [0.05, 0.1) is 5.56 Å². The van der Waals surface area contributed by atoms with Gasteiger partial charge in [-0.1, -0.05) is 12.1 Å². The maximum atomic E-state index is 13.3. The summed E-state index contributed by atoms with van der Waals surface area (Å²) in [6.07, 6.45) is 0.372. The van der Waals surface area contributed by atoms with Gasteiger partial charge in [-0.3, -0.25) is 0 Å². The molecule has 0 saturated carbocycles. The quantitative estimate of drug-likeness (QED) is 0.742. The summed E-state index contributed by atoms with van der Waals surface area (Å²) in [5, 5.41) is 2.93. The van der Waals surface area contributed by atoms with Crippen LogP contribution in [0.15, 0.2) is 18.2 Å². The Morgan fingerprint density at radius 2 is 2.40 bits per heavy atom. The molecule has 0 saturated heterocycles. The van der Waals surface area contributed by atoms with Crippen molar-refractivity contribution in [1.82, 2.24) is 5.32 Å². The molecule has 1 aromatic rings. The van der Waals surface area contributed by atoms with Crippen LogP contribution >= 0.6 is 0 Å². The van der Waals surface area contributed by atoms with Crippen molar-refractivity contribution in [2.75, 3.05) is 13.6 Å². The third-order valence-corrected chi connectivity index (χ3v) is 2.46. The molecule has 1 aromatic carbocycles. The predicted molar refractivity (Wildman–Crippen MR) is 53.2 cm³/mol. The maximum absolute atomic E-state index is 13.3. The highest BCUT2D eigenvalue weighted by Crippen LogP contribution is 2.22. The van der Waals surface area contributed by atoms with Crippen LogP contribution in [0.25, 0.3) is 0 Å². The van der Waals surface area contributed by atoms with Crippen LogP contribution in [-0.4, -0.2) is 25.7 Å².